The standard InChI is InChI=1S/C20H25NO3S/c1-11-12(2)19-16(13(3)18(11)23)7-8-20(6,24-19)17(22)9-21-10-25-15(5)14(21)4/h10H,7-9H2,1-6H3. The first-order valence-electron chi connectivity index (χ1n) is 8.62. The third kappa shape index (κ3) is 2.84. The first-order chi connectivity index (χ1) is 11.7. The van der Waals surface area contributed by atoms with Crippen molar-refractivity contribution >= 4 is 17.1 Å². The lowest BCUT2D eigenvalue weighted by Gasteiger charge is -2.37. The Morgan fingerprint density at radius 3 is 2.52 bits per heavy atom. The second-order valence-electron chi connectivity index (χ2n) is 7.26. The van der Waals surface area contributed by atoms with Crippen LogP contribution in [0.3, 0.4) is 0 Å². The van der Waals surface area contributed by atoms with E-state index in [2.05, 4.69) is 6.92 Å². The average Bonchev–Trinajstić information content (AvgIpc) is 2.90. The zero-order chi connectivity index (χ0) is 18.5. The molecule has 0 spiro atoms. The molecule has 1 aliphatic rings. The van der Waals surface area contributed by atoms with Gasteiger partial charge >= 0.3 is 0 Å². The number of hydrogen-bond donors (Lipinski definition) is 0. The normalized spacial score (nSPS) is 19.4. The fourth-order valence-corrected chi connectivity index (χ4v) is 4.22. The maximum Gasteiger partial charge on any atom is 0.240 e. The van der Waals surface area contributed by atoms with Gasteiger partial charge in [-0.3, -0.25) is 4.79 Å². The highest BCUT2D eigenvalue weighted by atomic mass is 32.1. The molecular formula is C20H25NO3S. The van der Waals surface area contributed by atoms with Crippen molar-refractivity contribution in [3.8, 4) is 11.5 Å². The first-order valence-corrected chi connectivity index (χ1v) is 9.49. The molecule has 1 aromatic heterocycles. The number of nitrogens with zero attached hydrogens (tertiary/aromatic N) is 1. The van der Waals surface area contributed by atoms with Gasteiger partial charge in [-0.1, -0.05) is 22.5 Å². The number of ether oxygens (including phenoxy) is 1. The molecule has 0 bridgehead atoms. The number of ketones is 1. The Kier molecular flexibility index (Phi) is 4.40. The van der Waals surface area contributed by atoms with Gasteiger partial charge in [0.05, 0.1) is 4.88 Å². The highest BCUT2D eigenvalue weighted by Crippen LogP contribution is 2.42. The molecule has 3 rings (SSSR count). The lowest BCUT2D eigenvalue weighted by molar-refractivity contribution is -0.686. The highest BCUT2D eigenvalue weighted by Gasteiger charge is 2.42. The summed E-state index contributed by atoms with van der Waals surface area (Å²) in [5, 5.41) is 12.3. The molecule has 0 amide bonds. The van der Waals surface area contributed by atoms with Crippen molar-refractivity contribution in [1.82, 2.24) is 0 Å². The minimum absolute atomic E-state index is 0.0740. The molecule has 25 heavy (non-hydrogen) atoms. The van der Waals surface area contributed by atoms with Crippen LogP contribution in [0.1, 0.15) is 46.2 Å². The van der Waals surface area contributed by atoms with E-state index in [4.69, 9.17) is 4.74 Å². The van der Waals surface area contributed by atoms with Crippen LogP contribution >= 0.6 is 11.3 Å². The molecular weight excluding hydrogens is 334 g/mol. The second-order valence-corrected chi connectivity index (χ2v) is 8.32. The zero-order valence-electron chi connectivity index (χ0n) is 15.8. The minimum Gasteiger partial charge on any atom is -0.872 e. The maximum absolute atomic E-state index is 13.0. The van der Waals surface area contributed by atoms with E-state index >= 15 is 0 Å². The van der Waals surface area contributed by atoms with Gasteiger partial charge in [-0.2, -0.15) is 4.57 Å². The summed E-state index contributed by atoms with van der Waals surface area (Å²) in [6.07, 6.45) is 1.30. The summed E-state index contributed by atoms with van der Waals surface area (Å²) in [5.74, 6) is 0.902. The maximum atomic E-state index is 13.0. The molecule has 1 aromatic carbocycles. The third-order valence-corrected chi connectivity index (χ3v) is 6.70. The minimum atomic E-state index is -0.851. The van der Waals surface area contributed by atoms with Crippen molar-refractivity contribution in [2.75, 3.05) is 0 Å². The number of benzene rings is 1. The van der Waals surface area contributed by atoms with Gasteiger partial charge in [0.25, 0.3) is 0 Å². The molecule has 1 aliphatic heterocycles. The average molecular weight is 359 g/mol. The number of aromatic nitrogens is 1. The van der Waals surface area contributed by atoms with Crippen molar-refractivity contribution in [3.05, 3.63) is 38.3 Å². The van der Waals surface area contributed by atoms with E-state index < -0.39 is 5.60 Å². The fourth-order valence-electron chi connectivity index (χ4n) is 3.42. The summed E-state index contributed by atoms with van der Waals surface area (Å²) in [7, 11) is 0. The molecule has 134 valence electrons. The van der Waals surface area contributed by atoms with Gasteiger partial charge in [0.2, 0.25) is 17.8 Å². The number of rotatable bonds is 3. The number of carbonyl (C=O) groups is 1. The molecule has 2 heterocycles. The molecule has 4 nitrogen and oxygen atoms in total. The Hall–Kier alpha value is -1.88. The number of fused-ring (bicyclic) bond motifs is 1. The quantitative estimate of drug-likeness (QED) is 0.792. The van der Waals surface area contributed by atoms with Crippen LogP contribution in [0.2, 0.25) is 0 Å². The Morgan fingerprint density at radius 2 is 1.92 bits per heavy atom. The van der Waals surface area contributed by atoms with Gasteiger partial charge in [0.1, 0.15) is 5.75 Å². The number of thiazole rings is 1. The Labute approximate surface area is 153 Å². The number of aryl methyl sites for hydroxylation is 1. The molecule has 0 aliphatic carbocycles. The van der Waals surface area contributed by atoms with Crippen molar-refractivity contribution < 1.29 is 19.2 Å². The summed E-state index contributed by atoms with van der Waals surface area (Å²) in [6.45, 7) is 11.9. The molecule has 0 saturated carbocycles. The molecule has 1 atom stereocenters. The molecule has 2 aromatic rings. The predicted octanol–water partition coefficient (Wildman–Crippen LogP) is 3.00. The van der Waals surface area contributed by atoms with Gasteiger partial charge in [-0.05, 0) is 58.6 Å². The van der Waals surface area contributed by atoms with Crippen LogP contribution < -0.4 is 14.4 Å². The number of Topliss-reactive ketones (excluding diaryl/α,β-unsaturated/α-hetero) is 1. The smallest absolute Gasteiger partial charge is 0.240 e. The van der Waals surface area contributed by atoms with E-state index in [0.29, 0.717) is 24.9 Å². The van der Waals surface area contributed by atoms with Crippen molar-refractivity contribution in [1.29, 1.82) is 0 Å². The van der Waals surface area contributed by atoms with E-state index in [0.717, 1.165) is 28.1 Å². The SMILES string of the molecule is Cc1sc[n+](CC(=O)C2(C)CCc3c(C)c([O-])c(C)c(C)c3O2)c1C. The van der Waals surface area contributed by atoms with Gasteiger partial charge in [-0.15, -0.1) is 5.75 Å². The molecule has 0 N–H and O–H groups in total. The van der Waals surface area contributed by atoms with Gasteiger partial charge < -0.3 is 9.84 Å². The topological polar surface area (TPSA) is 53.2 Å². The van der Waals surface area contributed by atoms with Crippen LogP contribution in [0.5, 0.6) is 11.5 Å². The Bertz CT molecular complexity index is 869. The molecule has 0 radical (unpaired) electrons. The molecule has 1 unspecified atom stereocenters. The van der Waals surface area contributed by atoms with Crippen LogP contribution in [0, 0.1) is 34.6 Å². The summed E-state index contributed by atoms with van der Waals surface area (Å²) in [4.78, 5) is 14.2. The summed E-state index contributed by atoms with van der Waals surface area (Å²) < 4.78 is 8.25. The molecule has 5 heteroatoms. The van der Waals surface area contributed by atoms with Crippen LogP contribution in [-0.4, -0.2) is 11.4 Å². The van der Waals surface area contributed by atoms with Crippen LogP contribution in [0.4, 0.5) is 0 Å². The van der Waals surface area contributed by atoms with E-state index in [1.54, 1.807) is 11.3 Å². The van der Waals surface area contributed by atoms with Crippen LogP contribution in [0.25, 0.3) is 0 Å². The van der Waals surface area contributed by atoms with E-state index in [-0.39, 0.29) is 11.5 Å². The Balaban J connectivity index is 1.93. The summed E-state index contributed by atoms with van der Waals surface area (Å²) in [5.41, 5.74) is 5.56. The lowest BCUT2D eigenvalue weighted by Crippen LogP contribution is -2.51. The monoisotopic (exact) mass is 359 g/mol. The van der Waals surface area contributed by atoms with Crippen LogP contribution in [0.15, 0.2) is 5.51 Å². The fraction of sp³-hybridized carbons (Fsp3) is 0.500. The predicted molar refractivity (Wildman–Crippen MR) is 96.4 cm³/mol. The number of hydrogen-bond acceptors (Lipinski definition) is 4. The Morgan fingerprint density at radius 1 is 1.24 bits per heavy atom. The molecule has 0 fully saturated rings. The third-order valence-electron chi connectivity index (χ3n) is 5.69. The van der Waals surface area contributed by atoms with Crippen LogP contribution in [-0.2, 0) is 17.8 Å². The highest BCUT2D eigenvalue weighted by molar-refractivity contribution is 7.09. The van der Waals surface area contributed by atoms with E-state index in [1.807, 2.05) is 44.7 Å². The largest absolute Gasteiger partial charge is 0.872 e. The van der Waals surface area contributed by atoms with E-state index in [9.17, 15) is 9.90 Å². The number of carbonyl (C=O) groups excluding carboxylic acids is 1. The lowest BCUT2D eigenvalue weighted by atomic mass is 9.85. The summed E-state index contributed by atoms with van der Waals surface area (Å²) in [6, 6.07) is 0. The van der Waals surface area contributed by atoms with Gasteiger partial charge in [-0.25, -0.2) is 0 Å². The molecule has 0 saturated heterocycles. The van der Waals surface area contributed by atoms with Gasteiger partial charge in [0.15, 0.2) is 11.3 Å². The summed E-state index contributed by atoms with van der Waals surface area (Å²) >= 11 is 1.65. The second kappa shape index (κ2) is 6.13. The first kappa shape index (κ1) is 17.9. The van der Waals surface area contributed by atoms with Crippen molar-refractivity contribution in [2.24, 2.45) is 0 Å². The zero-order valence-corrected chi connectivity index (χ0v) is 16.6. The van der Waals surface area contributed by atoms with Crippen molar-refractivity contribution in [2.45, 2.75) is 66.5 Å². The van der Waals surface area contributed by atoms with Gasteiger partial charge in [0, 0.05) is 6.92 Å². The van der Waals surface area contributed by atoms with Crippen molar-refractivity contribution in [3.63, 3.8) is 0 Å². The van der Waals surface area contributed by atoms with E-state index in [1.165, 1.54) is 4.88 Å².